The lowest BCUT2D eigenvalue weighted by Gasteiger charge is -2.29. The fourth-order valence-corrected chi connectivity index (χ4v) is 3.49. The van der Waals surface area contributed by atoms with E-state index in [1.807, 2.05) is 35.8 Å². The van der Waals surface area contributed by atoms with E-state index in [4.69, 9.17) is 4.74 Å². The molecule has 1 aliphatic rings. The molecule has 1 saturated heterocycles. The Hall–Kier alpha value is -3.46. The summed E-state index contributed by atoms with van der Waals surface area (Å²) in [5.74, 6) is 0.628. The second-order valence-electron chi connectivity index (χ2n) is 6.64. The molecular weight excluding hydrogens is 372 g/mol. The predicted molar refractivity (Wildman–Crippen MR) is 113 cm³/mol. The molecule has 1 aromatic heterocycles. The molecule has 3 aromatic rings. The molecule has 29 heavy (non-hydrogen) atoms. The minimum Gasteiger partial charge on any atom is -0.378 e. The van der Waals surface area contributed by atoms with Crippen LogP contribution in [0.15, 0.2) is 47.6 Å². The lowest BCUT2D eigenvalue weighted by atomic mass is 10.1. The topological polar surface area (TPSA) is 97.8 Å². The number of aromatic nitrogens is 2. The Morgan fingerprint density at radius 1 is 1.28 bits per heavy atom. The Kier molecular flexibility index (Phi) is 5.39. The van der Waals surface area contributed by atoms with Gasteiger partial charge >= 0.3 is 0 Å². The normalized spacial score (nSPS) is 14.6. The van der Waals surface area contributed by atoms with Gasteiger partial charge < -0.3 is 14.2 Å². The fourth-order valence-electron chi connectivity index (χ4n) is 3.49. The molecule has 0 amide bonds. The molecule has 1 N–H and O–H groups in total. The zero-order valence-corrected chi connectivity index (χ0v) is 16.1. The first-order valence-electron chi connectivity index (χ1n) is 9.53. The van der Waals surface area contributed by atoms with Crippen LogP contribution in [0.3, 0.4) is 0 Å². The molecule has 0 aliphatic carbocycles. The van der Waals surface area contributed by atoms with Crippen molar-refractivity contribution in [2.45, 2.75) is 13.5 Å². The second-order valence-corrected chi connectivity index (χ2v) is 6.64. The van der Waals surface area contributed by atoms with E-state index in [1.54, 1.807) is 18.3 Å². The first kappa shape index (κ1) is 18.9. The van der Waals surface area contributed by atoms with Gasteiger partial charge in [0, 0.05) is 43.0 Å². The molecule has 2 aromatic carbocycles. The van der Waals surface area contributed by atoms with E-state index in [0.29, 0.717) is 24.7 Å². The van der Waals surface area contributed by atoms with Crippen LogP contribution < -0.4 is 10.3 Å². The van der Waals surface area contributed by atoms with Gasteiger partial charge in [0.15, 0.2) is 0 Å². The number of nitro benzene ring substituents is 1. The van der Waals surface area contributed by atoms with E-state index in [2.05, 4.69) is 20.4 Å². The predicted octanol–water partition coefficient (Wildman–Crippen LogP) is 3.25. The maximum atomic E-state index is 11.2. The molecule has 2 heterocycles. The smallest absolute Gasteiger partial charge is 0.270 e. The number of non-ortho nitro benzene ring substituents is 1. The first-order chi connectivity index (χ1) is 14.2. The summed E-state index contributed by atoms with van der Waals surface area (Å²) in [5.41, 5.74) is 6.50. The SMILES string of the molecule is CCn1c(N/N=C/c2cc([N+](=O)[O-])ccc2N2CCOCC2)nc2ccccc21. The summed E-state index contributed by atoms with van der Waals surface area (Å²) in [6.45, 7) is 5.52. The van der Waals surface area contributed by atoms with Crippen molar-refractivity contribution in [1.29, 1.82) is 0 Å². The van der Waals surface area contributed by atoms with E-state index < -0.39 is 4.92 Å². The average Bonchev–Trinajstić information content (AvgIpc) is 3.11. The highest BCUT2D eigenvalue weighted by Gasteiger charge is 2.17. The number of morpholine rings is 1. The molecule has 150 valence electrons. The second kappa shape index (κ2) is 8.27. The number of benzene rings is 2. The van der Waals surface area contributed by atoms with Crippen LogP contribution >= 0.6 is 0 Å². The van der Waals surface area contributed by atoms with Gasteiger partial charge in [-0.2, -0.15) is 5.10 Å². The third-order valence-corrected chi connectivity index (χ3v) is 4.91. The van der Waals surface area contributed by atoms with Crippen LogP contribution in [0.5, 0.6) is 0 Å². The highest BCUT2D eigenvalue weighted by Crippen LogP contribution is 2.25. The number of ether oxygens (including phenoxy) is 1. The maximum absolute atomic E-state index is 11.2. The number of aryl methyl sites for hydroxylation is 1. The monoisotopic (exact) mass is 394 g/mol. The molecule has 9 nitrogen and oxygen atoms in total. The highest BCUT2D eigenvalue weighted by molar-refractivity contribution is 5.89. The number of fused-ring (bicyclic) bond motifs is 1. The molecule has 0 unspecified atom stereocenters. The van der Waals surface area contributed by atoms with Crippen molar-refractivity contribution in [1.82, 2.24) is 9.55 Å². The lowest BCUT2D eigenvalue weighted by molar-refractivity contribution is -0.384. The van der Waals surface area contributed by atoms with Crippen molar-refractivity contribution in [3.63, 3.8) is 0 Å². The number of para-hydroxylation sites is 2. The van der Waals surface area contributed by atoms with E-state index >= 15 is 0 Å². The number of rotatable bonds is 6. The van der Waals surface area contributed by atoms with Crippen LogP contribution in [0.4, 0.5) is 17.3 Å². The van der Waals surface area contributed by atoms with Gasteiger partial charge in [0.1, 0.15) is 0 Å². The van der Waals surface area contributed by atoms with Crippen molar-refractivity contribution in [2.24, 2.45) is 5.10 Å². The molecule has 0 atom stereocenters. The van der Waals surface area contributed by atoms with Gasteiger partial charge in [-0.15, -0.1) is 0 Å². The van der Waals surface area contributed by atoms with Crippen molar-refractivity contribution in [2.75, 3.05) is 36.6 Å². The van der Waals surface area contributed by atoms with Crippen molar-refractivity contribution < 1.29 is 9.66 Å². The van der Waals surface area contributed by atoms with Crippen LogP contribution in [-0.4, -0.2) is 47.0 Å². The standard InChI is InChI=1S/C20H22N6O3/c1-2-25-19-6-4-3-5-17(19)22-20(25)23-21-14-15-13-16(26(27)28)7-8-18(15)24-9-11-29-12-10-24/h3-8,13-14H,2,9-12H2,1H3,(H,22,23)/b21-14+. The zero-order chi connectivity index (χ0) is 20.2. The van der Waals surface area contributed by atoms with Gasteiger partial charge in [0.2, 0.25) is 5.95 Å². The molecule has 1 fully saturated rings. The molecule has 1 aliphatic heterocycles. The van der Waals surface area contributed by atoms with E-state index in [9.17, 15) is 10.1 Å². The van der Waals surface area contributed by atoms with Gasteiger partial charge in [0.05, 0.1) is 35.4 Å². The largest absolute Gasteiger partial charge is 0.378 e. The maximum Gasteiger partial charge on any atom is 0.270 e. The summed E-state index contributed by atoms with van der Waals surface area (Å²) < 4.78 is 7.44. The summed E-state index contributed by atoms with van der Waals surface area (Å²) in [7, 11) is 0. The quantitative estimate of drug-likeness (QED) is 0.392. The molecule has 0 saturated carbocycles. The lowest BCUT2D eigenvalue weighted by Crippen LogP contribution is -2.36. The first-order valence-corrected chi connectivity index (χ1v) is 9.53. The number of imidazole rings is 1. The van der Waals surface area contributed by atoms with Gasteiger partial charge in [-0.05, 0) is 25.1 Å². The van der Waals surface area contributed by atoms with Crippen molar-refractivity contribution in [3.05, 3.63) is 58.1 Å². The number of anilines is 2. The number of nitro groups is 1. The van der Waals surface area contributed by atoms with Crippen molar-refractivity contribution >= 4 is 34.6 Å². The van der Waals surface area contributed by atoms with Crippen LogP contribution in [0.25, 0.3) is 11.0 Å². The van der Waals surface area contributed by atoms with Crippen LogP contribution in [0.1, 0.15) is 12.5 Å². The molecule has 0 bridgehead atoms. The zero-order valence-electron chi connectivity index (χ0n) is 16.1. The van der Waals surface area contributed by atoms with Crippen LogP contribution in [0, 0.1) is 10.1 Å². The van der Waals surface area contributed by atoms with Gasteiger partial charge in [-0.1, -0.05) is 12.1 Å². The summed E-state index contributed by atoms with van der Waals surface area (Å²) in [6.07, 6.45) is 1.61. The van der Waals surface area contributed by atoms with Crippen LogP contribution in [-0.2, 0) is 11.3 Å². The van der Waals surface area contributed by atoms with Gasteiger partial charge in [0.25, 0.3) is 5.69 Å². The Morgan fingerprint density at radius 3 is 2.83 bits per heavy atom. The molecule has 9 heteroatoms. The highest BCUT2D eigenvalue weighted by atomic mass is 16.6. The summed E-state index contributed by atoms with van der Waals surface area (Å²) in [6, 6.07) is 12.7. The molecule has 4 rings (SSSR count). The fraction of sp³-hybridized carbons (Fsp3) is 0.300. The number of hydrazone groups is 1. The van der Waals surface area contributed by atoms with Crippen LogP contribution in [0.2, 0.25) is 0 Å². The van der Waals surface area contributed by atoms with E-state index in [0.717, 1.165) is 36.4 Å². The molecular formula is C20H22N6O3. The number of hydrogen-bond acceptors (Lipinski definition) is 7. The number of nitrogens with zero attached hydrogens (tertiary/aromatic N) is 5. The number of nitrogens with one attached hydrogen (secondary N) is 1. The Morgan fingerprint density at radius 2 is 2.07 bits per heavy atom. The summed E-state index contributed by atoms with van der Waals surface area (Å²) >= 11 is 0. The average molecular weight is 394 g/mol. The molecule has 0 radical (unpaired) electrons. The van der Waals surface area contributed by atoms with Crippen molar-refractivity contribution in [3.8, 4) is 0 Å². The minimum absolute atomic E-state index is 0.0317. The summed E-state index contributed by atoms with van der Waals surface area (Å²) in [5, 5.41) is 15.6. The van der Waals surface area contributed by atoms with E-state index in [-0.39, 0.29) is 5.69 Å². The molecule has 0 spiro atoms. The Bertz CT molecular complexity index is 1060. The third kappa shape index (κ3) is 3.90. The minimum atomic E-state index is -0.398. The van der Waals surface area contributed by atoms with Gasteiger partial charge in [-0.25, -0.2) is 10.4 Å². The Labute approximate surface area is 167 Å². The third-order valence-electron chi connectivity index (χ3n) is 4.91. The summed E-state index contributed by atoms with van der Waals surface area (Å²) in [4.78, 5) is 17.5. The Balaban J connectivity index is 1.63. The van der Waals surface area contributed by atoms with E-state index in [1.165, 1.54) is 6.07 Å². The number of hydrogen-bond donors (Lipinski definition) is 1. The van der Waals surface area contributed by atoms with Gasteiger partial charge in [-0.3, -0.25) is 10.1 Å².